The van der Waals surface area contributed by atoms with Crippen molar-refractivity contribution in [1.29, 1.82) is 0 Å². The SMILES string of the molecule is CCCC(=O)NCC1CCCN(CC(=O)NCC2COc3ccccc3O2)C1. The van der Waals surface area contributed by atoms with E-state index in [0.717, 1.165) is 43.9 Å². The van der Waals surface area contributed by atoms with Crippen molar-refractivity contribution in [3.63, 3.8) is 0 Å². The number of likely N-dealkylation sites (tertiary alicyclic amines) is 1. The number of benzene rings is 1. The summed E-state index contributed by atoms with van der Waals surface area (Å²) in [5.41, 5.74) is 0. The monoisotopic (exact) mass is 389 g/mol. The Morgan fingerprint density at radius 2 is 1.93 bits per heavy atom. The third-order valence-electron chi connectivity index (χ3n) is 5.13. The third kappa shape index (κ3) is 6.12. The molecule has 0 bridgehead atoms. The molecule has 2 amide bonds. The fourth-order valence-corrected chi connectivity index (χ4v) is 3.69. The van der Waals surface area contributed by atoms with Crippen LogP contribution in [0.3, 0.4) is 0 Å². The molecule has 2 aliphatic heterocycles. The van der Waals surface area contributed by atoms with E-state index in [4.69, 9.17) is 9.47 Å². The van der Waals surface area contributed by atoms with Crippen LogP contribution >= 0.6 is 0 Å². The molecule has 2 unspecified atom stereocenters. The minimum Gasteiger partial charge on any atom is -0.486 e. The van der Waals surface area contributed by atoms with Crippen molar-refractivity contribution >= 4 is 11.8 Å². The topological polar surface area (TPSA) is 79.9 Å². The van der Waals surface area contributed by atoms with Gasteiger partial charge in [-0.25, -0.2) is 0 Å². The largest absolute Gasteiger partial charge is 0.486 e. The van der Waals surface area contributed by atoms with Crippen molar-refractivity contribution in [3.8, 4) is 11.5 Å². The molecule has 2 atom stereocenters. The fourth-order valence-electron chi connectivity index (χ4n) is 3.69. The summed E-state index contributed by atoms with van der Waals surface area (Å²) in [4.78, 5) is 26.2. The van der Waals surface area contributed by atoms with Gasteiger partial charge < -0.3 is 20.1 Å². The maximum Gasteiger partial charge on any atom is 0.234 e. The van der Waals surface area contributed by atoms with Crippen LogP contribution < -0.4 is 20.1 Å². The second kappa shape index (κ2) is 10.3. The molecular weight excluding hydrogens is 358 g/mol. The zero-order chi connectivity index (χ0) is 19.8. The number of hydrogen-bond donors (Lipinski definition) is 2. The van der Waals surface area contributed by atoms with Gasteiger partial charge in [-0.05, 0) is 43.9 Å². The normalized spacial score (nSPS) is 21.8. The predicted octanol–water partition coefficient (Wildman–Crippen LogP) is 1.57. The average molecular weight is 389 g/mol. The van der Waals surface area contributed by atoms with Gasteiger partial charge in [0.05, 0.1) is 13.1 Å². The smallest absolute Gasteiger partial charge is 0.234 e. The Labute approximate surface area is 166 Å². The van der Waals surface area contributed by atoms with E-state index < -0.39 is 0 Å². The van der Waals surface area contributed by atoms with Crippen molar-refractivity contribution in [2.75, 3.05) is 39.3 Å². The lowest BCUT2D eigenvalue weighted by Crippen LogP contribution is -2.47. The van der Waals surface area contributed by atoms with Crippen molar-refractivity contribution in [1.82, 2.24) is 15.5 Å². The molecule has 2 heterocycles. The second-order valence-corrected chi connectivity index (χ2v) is 7.60. The lowest BCUT2D eigenvalue weighted by atomic mass is 9.98. The van der Waals surface area contributed by atoms with Crippen LogP contribution in [0.1, 0.15) is 32.6 Å². The van der Waals surface area contributed by atoms with Crippen LogP contribution in [-0.4, -0.2) is 62.1 Å². The number of nitrogens with one attached hydrogen (secondary N) is 2. The van der Waals surface area contributed by atoms with E-state index in [0.29, 0.717) is 38.6 Å². The summed E-state index contributed by atoms with van der Waals surface area (Å²) in [6.45, 7) is 5.70. The van der Waals surface area contributed by atoms with E-state index in [1.54, 1.807) is 0 Å². The Morgan fingerprint density at radius 1 is 1.14 bits per heavy atom. The van der Waals surface area contributed by atoms with E-state index >= 15 is 0 Å². The molecule has 3 rings (SSSR count). The van der Waals surface area contributed by atoms with Gasteiger partial charge in [0.15, 0.2) is 11.5 Å². The molecular formula is C21H31N3O4. The van der Waals surface area contributed by atoms with Gasteiger partial charge >= 0.3 is 0 Å². The van der Waals surface area contributed by atoms with Crippen molar-refractivity contribution in [2.24, 2.45) is 5.92 Å². The number of piperidine rings is 1. The van der Waals surface area contributed by atoms with Gasteiger partial charge in [-0.15, -0.1) is 0 Å². The third-order valence-corrected chi connectivity index (χ3v) is 5.13. The number of carbonyl (C=O) groups excluding carboxylic acids is 2. The zero-order valence-corrected chi connectivity index (χ0v) is 16.6. The molecule has 1 fully saturated rings. The van der Waals surface area contributed by atoms with Crippen LogP contribution in [0.5, 0.6) is 11.5 Å². The van der Waals surface area contributed by atoms with Gasteiger partial charge in [0.1, 0.15) is 12.7 Å². The molecule has 2 N–H and O–H groups in total. The molecule has 0 spiro atoms. The molecule has 7 nitrogen and oxygen atoms in total. The summed E-state index contributed by atoms with van der Waals surface area (Å²) >= 11 is 0. The van der Waals surface area contributed by atoms with Gasteiger partial charge in [-0.1, -0.05) is 19.1 Å². The van der Waals surface area contributed by atoms with Gasteiger partial charge in [-0.2, -0.15) is 0 Å². The fraction of sp³-hybridized carbons (Fsp3) is 0.619. The molecule has 154 valence electrons. The van der Waals surface area contributed by atoms with Crippen LogP contribution in [0, 0.1) is 5.92 Å². The average Bonchev–Trinajstić information content (AvgIpc) is 2.71. The molecule has 0 radical (unpaired) electrons. The number of fused-ring (bicyclic) bond motifs is 1. The Bertz CT molecular complexity index is 667. The van der Waals surface area contributed by atoms with E-state index in [-0.39, 0.29) is 17.9 Å². The van der Waals surface area contributed by atoms with E-state index in [2.05, 4.69) is 15.5 Å². The number of nitrogens with zero attached hydrogens (tertiary/aromatic N) is 1. The van der Waals surface area contributed by atoms with Crippen LogP contribution in [0.4, 0.5) is 0 Å². The maximum atomic E-state index is 12.3. The van der Waals surface area contributed by atoms with Gasteiger partial charge in [0, 0.05) is 19.5 Å². The molecule has 7 heteroatoms. The van der Waals surface area contributed by atoms with Gasteiger partial charge in [0.2, 0.25) is 11.8 Å². The molecule has 1 saturated heterocycles. The number of para-hydroxylation sites is 2. The predicted molar refractivity (Wildman–Crippen MR) is 106 cm³/mol. The van der Waals surface area contributed by atoms with Crippen LogP contribution in [0.15, 0.2) is 24.3 Å². The quantitative estimate of drug-likeness (QED) is 0.706. The molecule has 1 aromatic carbocycles. The Morgan fingerprint density at radius 3 is 2.75 bits per heavy atom. The Balaban J connectivity index is 1.36. The molecule has 2 aliphatic rings. The first kappa shape index (κ1) is 20.5. The first-order valence-corrected chi connectivity index (χ1v) is 10.3. The minimum absolute atomic E-state index is 0.00173. The highest BCUT2D eigenvalue weighted by Crippen LogP contribution is 2.30. The highest BCUT2D eigenvalue weighted by molar-refractivity contribution is 5.78. The number of ether oxygens (including phenoxy) is 2. The molecule has 0 aromatic heterocycles. The Hall–Kier alpha value is -2.28. The summed E-state index contributed by atoms with van der Waals surface area (Å²) in [5.74, 6) is 1.99. The minimum atomic E-state index is -0.179. The van der Waals surface area contributed by atoms with Crippen LogP contribution in [0.25, 0.3) is 0 Å². The van der Waals surface area contributed by atoms with Gasteiger partial charge in [-0.3, -0.25) is 14.5 Å². The summed E-state index contributed by atoms with van der Waals surface area (Å²) < 4.78 is 11.5. The highest BCUT2D eigenvalue weighted by Gasteiger charge is 2.24. The Kier molecular flexibility index (Phi) is 7.54. The highest BCUT2D eigenvalue weighted by atomic mass is 16.6. The van der Waals surface area contributed by atoms with Crippen molar-refractivity contribution in [3.05, 3.63) is 24.3 Å². The number of carbonyl (C=O) groups is 2. The first-order chi connectivity index (χ1) is 13.6. The van der Waals surface area contributed by atoms with Crippen LogP contribution in [0.2, 0.25) is 0 Å². The second-order valence-electron chi connectivity index (χ2n) is 7.60. The van der Waals surface area contributed by atoms with Crippen molar-refractivity contribution in [2.45, 2.75) is 38.7 Å². The molecule has 1 aromatic rings. The first-order valence-electron chi connectivity index (χ1n) is 10.3. The zero-order valence-electron chi connectivity index (χ0n) is 16.6. The standard InChI is InChI=1S/C21H31N3O4/c1-2-6-20(25)22-11-16-7-5-10-24(13-16)14-21(26)23-12-17-15-27-18-8-3-4-9-19(18)28-17/h3-4,8-9,16-17H,2,5-7,10-15H2,1H3,(H,22,25)(H,23,26). The molecule has 0 saturated carbocycles. The molecule has 0 aliphatic carbocycles. The van der Waals surface area contributed by atoms with E-state index in [9.17, 15) is 9.59 Å². The summed E-state index contributed by atoms with van der Waals surface area (Å²) in [6, 6.07) is 7.56. The lowest BCUT2D eigenvalue weighted by molar-refractivity contribution is -0.124. The number of rotatable bonds is 8. The lowest BCUT2D eigenvalue weighted by Gasteiger charge is -2.32. The maximum absolute atomic E-state index is 12.3. The van der Waals surface area contributed by atoms with E-state index in [1.807, 2.05) is 31.2 Å². The summed E-state index contributed by atoms with van der Waals surface area (Å²) in [7, 11) is 0. The molecule has 28 heavy (non-hydrogen) atoms. The number of hydrogen-bond acceptors (Lipinski definition) is 5. The summed E-state index contributed by atoms with van der Waals surface area (Å²) in [5, 5.41) is 5.96. The number of amides is 2. The van der Waals surface area contributed by atoms with E-state index in [1.165, 1.54) is 0 Å². The van der Waals surface area contributed by atoms with Crippen LogP contribution in [-0.2, 0) is 9.59 Å². The van der Waals surface area contributed by atoms with Crippen molar-refractivity contribution < 1.29 is 19.1 Å². The van der Waals surface area contributed by atoms with Gasteiger partial charge in [0.25, 0.3) is 0 Å². The summed E-state index contributed by atoms with van der Waals surface area (Å²) in [6.07, 6.45) is 3.41.